The number of para-hydroxylation sites is 1. The van der Waals surface area contributed by atoms with Crippen molar-refractivity contribution >= 4 is 11.6 Å². The SMILES string of the molecule is CC12CCC(=O)C=C1CCC1C2[C@@H](O)CC2(C)C1CC[C@]2(O)C(=O)COc1ccccc1. The van der Waals surface area contributed by atoms with Crippen LogP contribution < -0.4 is 4.74 Å². The summed E-state index contributed by atoms with van der Waals surface area (Å²) in [6, 6.07) is 9.19. The Morgan fingerprint density at radius 1 is 1.12 bits per heavy atom. The number of fused-ring (bicyclic) bond motifs is 5. The number of carbonyl (C=O) groups excluding carboxylic acids is 2. The van der Waals surface area contributed by atoms with E-state index in [1.165, 1.54) is 5.57 Å². The fourth-order valence-electron chi connectivity index (χ4n) is 7.94. The van der Waals surface area contributed by atoms with Crippen LogP contribution in [0.25, 0.3) is 0 Å². The Morgan fingerprint density at radius 2 is 1.88 bits per heavy atom. The van der Waals surface area contributed by atoms with Crippen molar-refractivity contribution in [2.45, 2.75) is 70.5 Å². The summed E-state index contributed by atoms with van der Waals surface area (Å²) in [7, 11) is 0. The number of aliphatic hydroxyl groups is 2. The number of rotatable bonds is 4. The molecule has 3 saturated carbocycles. The van der Waals surface area contributed by atoms with Gasteiger partial charge in [0.25, 0.3) is 0 Å². The molecular weight excluding hydrogens is 404 g/mol. The van der Waals surface area contributed by atoms with Gasteiger partial charge in [0.1, 0.15) is 18.0 Å². The molecule has 172 valence electrons. The molecule has 5 rings (SSSR count). The van der Waals surface area contributed by atoms with Crippen LogP contribution in [0.3, 0.4) is 0 Å². The van der Waals surface area contributed by atoms with Crippen molar-refractivity contribution in [1.82, 2.24) is 0 Å². The van der Waals surface area contributed by atoms with Crippen LogP contribution in [-0.2, 0) is 9.59 Å². The molecule has 5 nitrogen and oxygen atoms in total. The van der Waals surface area contributed by atoms with E-state index in [0.29, 0.717) is 25.0 Å². The molecule has 0 bridgehead atoms. The molecule has 32 heavy (non-hydrogen) atoms. The maximum Gasteiger partial charge on any atom is 0.202 e. The van der Waals surface area contributed by atoms with Gasteiger partial charge in [0.2, 0.25) is 5.78 Å². The summed E-state index contributed by atoms with van der Waals surface area (Å²) in [6.07, 6.45) is 5.93. The van der Waals surface area contributed by atoms with Crippen molar-refractivity contribution in [1.29, 1.82) is 0 Å². The van der Waals surface area contributed by atoms with Crippen LogP contribution >= 0.6 is 0 Å². The summed E-state index contributed by atoms with van der Waals surface area (Å²) in [5.74, 6) is 1.02. The molecule has 7 atom stereocenters. The molecule has 0 aromatic heterocycles. The molecule has 3 fully saturated rings. The van der Waals surface area contributed by atoms with Crippen molar-refractivity contribution < 1.29 is 24.5 Å². The molecule has 5 heteroatoms. The van der Waals surface area contributed by atoms with Gasteiger partial charge in [0.15, 0.2) is 5.78 Å². The van der Waals surface area contributed by atoms with Crippen molar-refractivity contribution in [2.24, 2.45) is 28.6 Å². The van der Waals surface area contributed by atoms with E-state index >= 15 is 0 Å². The van der Waals surface area contributed by atoms with Crippen LogP contribution in [0.4, 0.5) is 0 Å². The molecule has 2 N–H and O–H groups in total. The highest BCUT2D eigenvalue weighted by Crippen LogP contribution is 2.67. The summed E-state index contributed by atoms with van der Waals surface area (Å²) >= 11 is 0. The van der Waals surface area contributed by atoms with Crippen LogP contribution in [-0.4, -0.2) is 40.1 Å². The molecule has 4 aliphatic carbocycles. The minimum Gasteiger partial charge on any atom is -0.486 e. The Hall–Kier alpha value is -1.98. The van der Waals surface area contributed by atoms with E-state index in [4.69, 9.17) is 4.74 Å². The average molecular weight is 439 g/mol. The van der Waals surface area contributed by atoms with Crippen molar-refractivity contribution in [3.8, 4) is 5.75 Å². The maximum absolute atomic E-state index is 13.3. The fraction of sp³-hybridized carbons (Fsp3) is 0.630. The number of hydrogen-bond donors (Lipinski definition) is 2. The summed E-state index contributed by atoms with van der Waals surface area (Å²) in [5.41, 5.74) is -1.14. The lowest BCUT2D eigenvalue weighted by Crippen LogP contribution is -2.62. The zero-order valence-corrected chi connectivity index (χ0v) is 19.0. The Morgan fingerprint density at radius 3 is 2.62 bits per heavy atom. The van der Waals surface area contributed by atoms with E-state index in [1.807, 2.05) is 31.2 Å². The Bertz CT molecular complexity index is 954. The smallest absolute Gasteiger partial charge is 0.202 e. The summed E-state index contributed by atoms with van der Waals surface area (Å²) in [6.45, 7) is 4.05. The van der Waals surface area contributed by atoms with E-state index < -0.39 is 17.1 Å². The van der Waals surface area contributed by atoms with E-state index in [1.54, 1.807) is 12.1 Å². The van der Waals surface area contributed by atoms with Gasteiger partial charge < -0.3 is 14.9 Å². The lowest BCUT2D eigenvalue weighted by Gasteiger charge is -2.60. The van der Waals surface area contributed by atoms with Gasteiger partial charge in [-0.25, -0.2) is 0 Å². The van der Waals surface area contributed by atoms with Crippen LogP contribution in [0.1, 0.15) is 58.8 Å². The second kappa shape index (κ2) is 7.53. The van der Waals surface area contributed by atoms with Crippen LogP contribution in [0, 0.1) is 28.6 Å². The van der Waals surface area contributed by atoms with E-state index in [0.717, 1.165) is 25.7 Å². The molecule has 0 aliphatic heterocycles. The molecule has 4 aliphatic rings. The first-order valence-corrected chi connectivity index (χ1v) is 12.0. The van der Waals surface area contributed by atoms with Gasteiger partial charge in [-0.3, -0.25) is 9.59 Å². The number of ether oxygens (including phenoxy) is 1. The normalized spacial score (nSPS) is 43.0. The number of benzene rings is 1. The van der Waals surface area contributed by atoms with Gasteiger partial charge in [-0.15, -0.1) is 0 Å². The Kier molecular flexibility index (Phi) is 5.14. The third-order valence-corrected chi connectivity index (χ3v) is 9.62. The van der Waals surface area contributed by atoms with Gasteiger partial charge in [-0.1, -0.05) is 37.6 Å². The number of carbonyl (C=O) groups is 2. The Balaban J connectivity index is 1.40. The van der Waals surface area contributed by atoms with Crippen LogP contribution in [0.5, 0.6) is 5.75 Å². The zero-order chi connectivity index (χ0) is 22.7. The Labute approximate surface area is 189 Å². The number of aliphatic hydroxyl groups excluding tert-OH is 1. The fourth-order valence-corrected chi connectivity index (χ4v) is 7.94. The summed E-state index contributed by atoms with van der Waals surface area (Å²) < 4.78 is 5.69. The highest BCUT2D eigenvalue weighted by molar-refractivity contribution is 5.92. The third kappa shape index (κ3) is 3.04. The molecular formula is C27H34O5. The van der Waals surface area contributed by atoms with Crippen LogP contribution in [0.15, 0.2) is 42.0 Å². The second-order valence-electron chi connectivity index (χ2n) is 11.0. The lowest BCUT2D eigenvalue weighted by molar-refractivity contribution is -0.181. The molecule has 0 spiro atoms. The van der Waals surface area contributed by atoms with Crippen LogP contribution in [0.2, 0.25) is 0 Å². The number of Topliss-reactive ketones (excluding diaryl/α,β-unsaturated/α-hetero) is 1. The minimum absolute atomic E-state index is 0.0756. The lowest BCUT2D eigenvalue weighted by atomic mass is 9.45. The molecule has 0 saturated heterocycles. The predicted octanol–water partition coefficient (Wildman–Crippen LogP) is 3.87. The van der Waals surface area contributed by atoms with Gasteiger partial charge >= 0.3 is 0 Å². The van der Waals surface area contributed by atoms with E-state index in [2.05, 4.69) is 6.92 Å². The molecule has 0 heterocycles. The van der Waals surface area contributed by atoms with Crippen molar-refractivity contribution in [2.75, 3.05) is 6.61 Å². The van der Waals surface area contributed by atoms with Gasteiger partial charge in [-0.05, 0) is 79.9 Å². The number of ketones is 2. The zero-order valence-electron chi connectivity index (χ0n) is 19.0. The van der Waals surface area contributed by atoms with Gasteiger partial charge in [0, 0.05) is 11.8 Å². The van der Waals surface area contributed by atoms with E-state index in [9.17, 15) is 19.8 Å². The molecule has 1 aromatic carbocycles. The van der Waals surface area contributed by atoms with Gasteiger partial charge in [0.05, 0.1) is 6.10 Å². The summed E-state index contributed by atoms with van der Waals surface area (Å²) in [5, 5.41) is 23.2. The number of allylic oxidation sites excluding steroid dienone is 1. The first-order chi connectivity index (χ1) is 15.2. The first kappa shape index (κ1) is 21.8. The standard InChI is InChI=1S/C27H34O5/c1-25-12-10-18(28)14-17(25)8-9-20-21-11-13-27(31,26(21,2)15-22(29)24(20)25)23(30)16-32-19-6-4-3-5-7-19/h3-7,14,20-22,24,29,31H,8-13,15-16H2,1-2H3/t20?,21?,22-,24?,25?,26?,27-/m0/s1. The molecule has 0 amide bonds. The van der Waals surface area contributed by atoms with Crippen molar-refractivity contribution in [3.05, 3.63) is 42.0 Å². The van der Waals surface area contributed by atoms with E-state index in [-0.39, 0.29) is 41.3 Å². The highest BCUT2D eigenvalue weighted by Gasteiger charge is 2.68. The highest BCUT2D eigenvalue weighted by atomic mass is 16.5. The molecule has 0 radical (unpaired) electrons. The largest absolute Gasteiger partial charge is 0.486 e. The monoisotopic (exact) mass is 438 g/mol. The minimum atomic E-state index is -1.49. The predicted molar refractivity (Wildman–Crippen MR) is 120 cm³/mol. The maximum atomic E-state index is 13.3. The average Bonchev–Trinajstić information content (AvgIpc) is 3.04. The van der Waals surface area contributed by atoms with Gasteiger partial charge in [-0.2, -0.15) is 0 Å². The van der Waals surface area contributed by atoms with Crippen molar-refractivity contribution in [3.63, 3.8) is 0 Å². The first-order valence-electron chi connectivity index (χ1n) is 12.0. The molecule has 1 aromatic rings. The second-order valence-corrected chi connectivity index (χ2v) is 11.0. The molecule has 5 unspecified atom stereocenters. The number of hydrogen-bond acceptors (Lipinski definition) is 5. The summed E-state index contributed by atoms with van der Waals surface area (Å²) in [4.78, 5) is 25.3. The topological polar surface area (TPSA) is 83.8 Å². The quantitative estimate of drug-likeness (QED) is 0.746. The third-order valence-electron chi connectivity index (χ3n) is 9.62.